The van der Waals surface area contributed by atoms with E-state index < -0.39 is 67.8 Å². The minimum absolute atomic E-state index is 0.143. The van der Waals surface area contributed by atoms with Crippen LogP contribution in [0.5, 0.6) is 0 Å². The van der Waals surface area contributed by atoms with Gasteiger partial charge in [-0.2, -0.15) is 0 Å². The summed E-state index contributed by atoms with van der Waals surface area (Å²) in [4.78, 5) is 11.9. The number of esters is 1. The quantitative estimate of drug-likeness (QED) is 0.0166. The van der Waals surface area contributed by atoms with Crippen LogP contribution in [0.15, 0.2) is 0 Å². The largest absolute Gasteiger partial charge is 0.463 e. The molecule has 22 nitrogen and oxygen atoms in total. The van der Waals surface area contributed by atoms with Gasteiger partial charge in [-0.05, 0) is 6.42 Å². The van der Waals surface area contributed by atoms with E-state index in [4.69, 9.17) is 57.6 Å². The number of ether oxygens (including phenoxy) is 10. The van der Waals surface area contributed by atoms with Crippen LogP contribution in [0, 0.1) is 0 Å². The Morgan fingerprint density at radius 3 is 0.857 bits per heavy atom. The fourth-order valence-corrected chi connectivity index (χ4v) is 5.27. The molecule has 0 aliphatic carbocycles. The average molecular weight is 927 g/mol. The van der Waals surface area contributed by atoms with E-state index in [0.717, 1.165) is 19.3 Å². The molecule has 10 atom stereocenters. The molecular formula is C41H82O22. The second-order valence-electron chi connectivity index (χ2n) is 15.4. The zero-order valence-corrected chi connectivity index (χ0v) is 37.2. The van der Waals surface area contributed by atoms with Gasteiger partial charge in [-0.1, -0.05) is 58.3 Å². The van der Waals surface area contributed by atoms with Crippen molar-refractivity contribution in [1.82, 2.24) is 0 Å². The van der Waals surface area contributed by atoms with Gasteiger partial charge in [0.2, 0.25) is 0 Å². The Kier molecular flexibility index (Phi) is 42.3. The fraction of sp³-hybridized carbons (Fsp3) is 0.976. The van der Waals surface area contributed by atoms with Crippen molar-refractivity contribution in [2.75, 3.05) is 126 Å². The van der Waals surface area contributed by atoms with Crippen LogP contribution in [0.25, 0.3) is 0 Å². The monoisotopic (exact) mass is 927 g/mol. The molecule has 0 saturated carbocycles. The molecule has 0 amide bonds. The van der Waals surface area contributed by atoms with E-state index in [1.807, 2.05) is 0 Å². The van der Waals surface area contributed by atoms with Crippen LogP contribution < -0.4 is 0 Å². The first-order valence-corrected chi connectivity index (χ1v) is 22.1. The second kappa shape index (κ2) is 43.3. The summed E-state index contributed by atoms with van der Waals surface area (Å²) in [5, 5.41) is 107. The van der Waals surface area contributed by atoms with Crippen LogP contribution in [-0.4, -0.2) is 249 Å². The number of aliphatic hydroxyl groups excluding tert-OH is 11. The Balaban J connectivity index is 3.74. The summed E-state index contributed by atoms with van der Waals surface area (Å²) in [5.74, 6) is -0.363. The van der Waals surface area contributed by atoms with Crippen LogP contribution in [0.4, 0.5) is 0 Å². The molecule has 378 valence electrons. The molecule has 10 unspecified atom stereocenters. The standard InChI is InChI=1S/C41H82O22/c1-2-3-4-5-6-7-8-9-10-11-40(52)62-29-38(50)27-60-25-36(48)23-58-21-34(46)19-56-17-32(44)15-54-13-31(43)14-55-16-33(45)18-57-20-35(47)22-59-24-37(49)26-61-28-39(51)30-63-41(53)12-42/h31-39,41-51,53H,2-30H2,1H3. The Labute approximate surface area is 371 Å². The molecule has 11 N–H and O–H groups in total. The SMILES string of the molecule is CCCCCCCCCCCC(=O)OCC(O)COCC(O)COCC(O)COCC(O)COCC(O)COCC(O)COCC(O)COCC(O)COCC(O)COC(O)CO. The van der Waals surface area contributed by atoms with Crippen LogP contribution in [0.1, 0.15) is 71.1 Å². The van der Waals surface area contributed by atoms with Crippen molar-refractivity contribution in [2.45, 2.75) is 132 Å². The highest BCUT2D eigenvalue weighted by Gasteiger charge is 2.16. The zero-order valence-electron chi connectivity index (χ0n) is 37.2. The van der Waals surface area contributed by atoms with Gasteiger partial charge in [-0.3, -0.25) is 4.79 Å². The van der Waals surface area contributed by atoms with Crippen LogP contribution in [0.2, 0.25) is 0 Å². The van der Waals surface area contributed by atoms with Crippen molar-refractivity contribution in [1.29, 1.82) is 0 Å². The summed E-state index contributed by atoms with van der Waals surface area (Å²) in [6.07, 6.45) is -0.297. The molecular weight excluding hydrogens is 844 g/mol. The minimum Gasteiger partial charge on any atom is -0.463 e. The lowest BCUT2D eigenvalue weighted by Gasteiger charge is -2.18. The normalized spacial score (nSPS) is 16.8. The van der Waals surface area contributed by atoms with Crippen molar-refractivity contribution in [3.8, 4) is 0 Å². The molecule has 0 fully saturated rings. The number of aliphatic hydroxyl groups is 11. The van der Waals surface area contributed by atoms with Gasteiger partial charge in [-0.15, -0.1) is 0 Å². The highest BCUT2D eigenvalue weighted by molar-refractivity contribution is 5.69. The Hall–Kier alpha value is -1.33. The molecule has 0 bridgehead atoms. The van der Waals surface area contributed by atoms with E-state index in [2.05, 4.69) is 6.92 Å². The van der Waals surface area contributed by atoms with Gasteiger partial charge in [0.15, 0.2) is 6.29 Å². The van der Waals surface area contributed by atoms with Gasteiger partial charge in [0.05, 0.1) is 119 Å². The van der Waals surface area contributed by atoms with E-state index >= 15 is 0 Å². The maximum atomic E-state index is 11.9. The molecule has 0 radical (unpaired) electrons. The van der Waals surface area contributed by atoms with Gasteiger partial charge in [0.1, 0.15) is 61.5 Å². The van der Waals surface area contributed by atoms with Crippen molar-refractivity contribution in [2.24, 2.45) is 0 Å². The molecule has 0 aromatic carbocycles. The molecule has 0 spiro atoms. The molecule has 0 rings (SSSR count). The molecule has 22 heteroatoms. The first-order valence-electron chi connectivity index (χ1n) is 22.1. The fourth-order valence-electron chi connectivity index (χ4n) is 5.27. The average Bonchev–Trinajstić information content (AvgIpc) is 3.24. The lowest BCUT2D eigenvalue weighted by Crippen LogP contribution is -2.32. The summed E-state index contributed by atoms with van der Waals surface area (Å²) in [6.45, 7) is -1.65. The molecule has 0 aliphatic rings. The van der Waals surface area contributed by atoms with Gasteiger partial charge < -0.3 is 104 Å². The smallest absolute Gasteiger partial charge is 0.305 e. The highest BCUT2D eigenvalue weighted by Crippen LogP contribution is 2.11. The minimum atomic E-state index is -1.41. The number of hydrogen-bond acceptors (Lipinski definition) is 22. The zero-order chi connectivity index (χ0) is 46.9. The van der Waals surface area contributed by atoms with Crippen LogP contribution in [-0.2, 0) is 52.2 Å². The van der Waals surface area contributed by atoms with Crippen LogP contribution in [0.3, 0.4) is 0 Å². The maximum Gasteiger partial charge on any atom is 0.305 e. The van der Waals surface area contributed by atoms with Gasteiger partial charge in [0.25, 0.3) is 0 Å². The molecule has 63 heavy (non-hydrogen) atoms. The van der Waals surface area contributed by atoms with E-state index in [-0.39, 0.29) is 125 Å². The topological polar surface area (TPSA) is 332 Å². The summed E-state index contributed by atoms with van der Waals surface area (Å²) < 4.78 is 51.6. The molecule has 0 aromatic rings. The molecule has 0 heterocycles. The van der Waals surface area contributed by atoms with E-state index in [1.165, 1.54) is 38.5 Å². The second-order valence-corrected chi connectivity index (χ2v) is 15.4. The molecule has 0 saturated heterocycles. The van der Waals surface area contributed by atoms with Gasteiger partial charge in [-0.25, -0.2) is 0 Å². The predicted molar refractivity (Wildman–Crippen MR) is 222 cm³/mol. The van der Waals surface area contributed by atoms with Gasteiger partial charge >= 0.3 is 5.97 Å². The molecule has 0 aromatic heterocycles. The van der Waals surface area contributed by atoms with Gasteiger partial charge in [0, 0.05) is 6.42 Å². The van der Waals surface area contributed by atoms with Crippen LogP contribution >= 0.6 is 0 Å². The summed E-state index contributed by atoms with van der Waals surface area (Å²) in [5.41, 5.74) is 0. The lowest BCUT2D eigenvalue weighted by atomic mass is 10.1. The van der Waals surface area contributed by atoms with Crippen molar-refractivity contribution < 1.29 is 108 Å². The Morgan fingerprint density at radius 2 is 0.587 bits per heavy atom. The molecule has 0 aliphatic heterocycles. The van der Waals surface area contributed by atoms with E-state index in [1.54, 1.807) is 0 Å². The lowest BCUT2D eigenvalue weighted by molar-refractivity contribution is -0.150. The van der Waals surface area contributed by atoms with Crippen molar-refractivity contribution in [3.63, 3.8) is 0 Å². The number of unbranched alkanes of at least 4 members (excludes halogenated alkanes) is 8. The number of rotatable bonds is 48. The van der Waals surface area contributed by atoms with Crippen molar-refractivity contribution >= 4 is 5.97 Å². The third-order valence-electron chi connectivity index (χ3n) is 8.52. The van der Waals surface area contributed by atoms with Crippen molar-refractivity contribution in [3.05, 3.63) is 0 Å². The number of carbonyl (C=O) groups excluding carboxylic acids is 1. The van der Waals surface area contributed by atoms with E-state index in [9.17, 15) is 50.8 Å². The first kappa shape index (κ1) is 61.7. The third kappa shape index (κ3) is 43.0. The third-order valence-corrected chi connectivity index (χ3v) is 8.52. The summed E-state index contributed by atoms with van der Waals surface area (Å²) in [7, 11) is 0. The summed E-state index contributed by atoms with van der Waals surface area (Å²) in [6, 6.07) is 0. The van der Waals surface area contributed by atoms with E-state index in [0.29, 0.717) is 6.42 Å². The maximum absolute atomic E-state index is 11.9. The Bertz CT molecular complexity index is 989. The first-order chi connectivity index (χ1) is 30.2. The Morgan fingerprint density at radius 1 is 0.349 bits per heavy atom. The highest BCUT2D eigenvalue weighted by atomic mass is 16.6. The number of hydrogen-bond donors (Lipinski definition) is 11. The summed E-state index contributed by atoms with van der Waals surface area (Å²) >= 11 is 0. The predicted octanol–water partition coefficient (Wildman–Crippen LogP) is -2.84. The number of carbonyl (C=O) groups is 1.